The number of rotatable bonds is 4. The summed E-state index contributed by atoms with van der Waals surface area (Å²) >= 11 is 4.42. The van der Waals surface area contributed by atoms with Gasteiger partial charge < -0.3 is 15.1 Å². The Hall–Kier alpha value is -2.14. The molecule has 2 aromatic heterocycles. The van der Waals surface area contributed by atoms with Crippen LogP contribution in [0.4, 0.5) is 17.3 Å². The predicted molar refractivity (Wildman–Crippen MR) is 106 cm³/mol. The van der Waals surface area contributed by atoms with E-state index >= 15 is 0 Å². The lowest BCUT2D eigenvalue weighted by atomic mass is 10.2. The number of hydrogen-bond donors (Lipinski definition) is 2. The predicted octanol–water partition coefficient (Wildman–Crippen LogP) is 4.04. The van der Waals surface area contributed by atoms with Gasteiger partial charge in [0.05, 0.1) is 15.6 Å². The van der Waals surface area contributed by atoms with Crippen molar-refractivity contribution in [2.45, 2.75) is 10.4 Å². The van der Waals surface area contributed by atoms with Gasteiger partial charge in [-0.15, -0.1) is 11.3 Å². The van der Waals surface area contributed by atoms with Crippen molar-refractivity contribution >= 4 is 60.9 Å². The molecule has 0 saturated heterocycles. The number of anilines is 2. The maximum absolute atomic E-state index is 12.4. The van der Waals surface area contributed by atoms with E-state index in [-0.39, 0.29) is 4.21 Å². The maximum Gasteiger partial charge on any atom is 0.271 e. The van der Waals surface area contributed by atoms with Gasteiger partial charge in [0.2, 0.25) is 5.88 Å². The minimum Gasteiger partial charge on any atom is -0.446 e. The molecule has 0 saturated carbocycles. The number of aliphatic imine (C=N–C) groups is 1. The van der Waals surface area contributed by atoms with Gasteiger partial charge in [-0.1, -0.05) is 0 Å². The van der Waals surface area contributed by atoms with Crippen molar-refractivity contribution in [3.8, 4) is 0 Å². The number of nitrogens with one attached hydrogen (secondary N) is 1. The zero-order chi connectivity index (χ0) is 18.3. The first-order chi connectivity index (χ1) is 12.4. The lowest BCUT2D eigenvalue weighted by molar-refractivity contribution is 0.567. The molecule has 1 atom stereocenters. The van der Waals surface area contributed by atoms with Crippen LogP contribution in [0.5, 0.6) is 0 Å². The highest BCUT2D eigenvalue weighted by atomic mass is 79.9. The minimum atomic E-state index is -3.61. The van der Waals surface area contributed by atoms with Crippen LogP contribution in [0, 0.1) is 0 Å². The first-order valence-corrected chi connectivity index (χ1v) is 10.6. The minimum absolute atomic E-state index is 0.242. The summed E-state index contributed by atoms with van der Waals surface area (Å²) in [4.78, 5) is 6.01. The van der Waals surface area contributed by atoms with Crippen molar-refractivity contribution in [3.05, 3.63) is 58.1 Å². The summed E-state index contributed by atoms with van der Waals surface area (Å²) in [6.07, 6.45) is 2.72. The number of furan rings is 1. The van der Waals surface area contributed by atoms with Crippen LogP contribution in [-0.4, -0.2) is 14.8 Å². The Labute approximate surface area is 162 Å². The summed E-state index contributed by atoms with van der Waals surface area (Å²) in [7, 11) is -3.61. The van der Waals surface area contributed by atoms with E-state index in [9.17, 15) is 8.42 Å². The number of nitrogens with two attached hydrogens (primary N) is 1. The first-order valence-electron chi connectivity index (χ1n) is 7.48. The number of hydrogen-bond acceptors (Lipinski definition) is 7. The highest BCUT2D eigenvalue weighted by Gasteiger charge is 2.24. The molecule has 0 radical (unpaired) electrons. The number of sulfonamides is 1. The maximum atomic E-state index is 12.4. The molecule has 0 amide bonds. The lowest BCUT2D eigenvalue weighted by Crippen LogP contribution is -2.35. The lowest BCUT2D eigenvalue weighted by Gasteiger charge is -2.29. The fraction of sp³-hybridized carbons (Fsp3) is 0.0625. The Kier molecular flexibility index (Phi) is 4.35. The second-order valence-electron chi connectivity index (χ2n) is 5.49. The Morgan fingerprint density at radius 1 is 1.19 bits per heavy atom. The normalized spacial score (nSPS) is 16.5. The van der Waals surface area contributed by atoms with Crippen molar-refractivity contribution in [2.24, 2.45) is 10.7 Å². The Balaban J connectivity index is 1.54. The summed E-state index contributed by atoms with van der Waals surface area (Å²) in [5.41, 5.74) is 8.29. The molecule has 1 aliphatic rings. The molecule has 1 aromatic carbocycles. The Morgan fingerprint density at radius 3 is 2.65 bits per heavy atom. The van der Waals surface area contributed by atoms with E-state index in [4.69, 9.17) is 10.2 Å². The zero-order valence-corrected chi connectivity index (χ0v) is 16.4. The van der Waals surface area contributed by atoms with E-state index in [1.807, 2.05) is 0 Å². The van der Waals surface area contributed by atoms with Crippen LogP contribution >= 0.6 is 27.3 Å². The van der Waals surface area contributed by atoms with Crippen molar-refractivity contribution in [1.29, 1.82) is 0 Å². The molecular weight excluding hydrogens is 440 g/mol. The molecule has 1 unspecified atom stereocenters. The number of benzene rings is 1. The third-order valence-corrected chi connectivity index (χ3v) is 7.32. The Morgan fingerprint density at radius 2 is 1.96 bits per heavy atom. The zero-order valence-electron chi connectivity index (χ0n) is 13.2. The molecule has 0 spiro atoms. The van der Waals surface area contributed by atoms with Gasteiger partial charge in [-0.05, 0) is 58.4 Å². The van der Waals surface area contributed by atoms with Gasteiger partial charge in [0.15, 0.2) is 0 Å². The van der Waals surface area contributed by atoms with Crippen molar-refractivity contribution in [1.82, 2.24) is 0 Å². The van der Waals surface area contributed by atoms with E-state index in [2.05, 4.69) is 25.6 Å². The molecule has 10 heteroatoms. The molecule has 26 heavy (non-hydrogen) atoms. The van der Waals surface area contributed by atoms with Gasteiger partial charge in [-0.2, -0.15) is 0 Å². The first kappa shape index (κ1) is 17.3. The van der Waals surface area contributed by atoms with E-state index in [0.717, 1.165) is 26.4 Å². The molecule has 0 aliphatic carbocycles. The fourth-order valence-corrected chi connectivity index (χ4v) is 5.62. The molecule has 4 rings (SSSR count). The second kappa shape index (κ2) is 6.54. The van der Waals surface area contributed by atoms with Gasteiger partial charge in [0.1, 0.15) is 16.7 Å². The average molecular weight is 453 g/mol. The largest absolute Gasteiger partial charge is 0.446 e. The van der Waals surface area contributed by atoms with Gasteiger partial charge in [0.25, 0.3) is 10.0 Å². The standard InChI is InChI=1S/C16H13BrN4O3S2/c17-13-5-6-14(25-13)26(22,23)20-10-1-3-11(4-2-10)21-9-19-16-12(15(21)18)7-8-24-16/h1-9,15,20H,18H2. The molecule has 0 bridgehead atoms. The molecule has 3 N–H and O–H groups in total. The molecular formula is C16H13BrN4O3S2. The van der Waals surface area contributed by atoms with Gasteiger partial charge >= 0.3 is 0 Å². The Bertz CT molecular complexity index is 1070. The molecule has 3 heterocycles. The SMILES string of the molecule is NC1c2ccoc2N=CN1c1ccc(NS(=O)(=O)c2ccc(Br)s2)cc1. The summed E-state index contributed by atoms with van der Waals surface area (Å²) in [5.74, 6) is 0.500. The third-order valence-electron chi connectivity index (χ3n) is 3.82. The number of halogens is 1. The van der Waals surface area contributed by atoms with Gasteiger partial charge in [-0.25, -0.2) is 13.4 Å². The van der Waals surface area contributed by atoms with Gasteiger partial charge in [0, 0.05) is 11.4 Å². The monoisotopic (exact) mass is 452 g/mol. The quantitative estimate of drug-likeness (QED) is 0.621. The van der Waals surface area contributed by atoms with Crippen LogP contribution in [0.3, 0.4) is 0 Å². The van der Waals surface area contributed by atoms with E-state index in [1.54, 1.807) is 60.0 Å². The van der Waals surface area contributed by atoms with Crippen LogP contribution in [0.2, 0.25) is 0 Å². The molecule has 0 fully saturated rings. The highest BCUT2D eigenvalue weighted by Crippen LogP contribution is 2.34. The number of fused-ring (bicyclic) bond motifs is 1. The highest BCUT2D eigenvalue weighted by molar-refractivity contribution is 9.11. The summed E-state index contributed by atoms with van der Waals surface area (Å²) in [5, 5.41) is 0. The molecule has 1 aliphatic heterocycles. The van der Waals surface area contributed by atoms with E-state index in [1.165, 1.54) is 0 Å². The average Bonchev–Trinajstić information content (AvgIpc) is 3.25. The number of nitrogens with zero attached hydrogens (tertiary/aromatic N) is 2. The second-order valence-corrected chi connectivity index (χ2v) is 9.86. The molecule has 134 valence electrons. The van der Waals surface area contributed by atoms with Crippen molar-refractivity contribution in [3.63, 3.8) is 0 Å². The topological polar surface area (TPSA) is 101 Å². The van der Waals surface area contributed by atoms with Crippen molar-refractivity contribution < 1.29 is 12.8 Å². The summed E-state index contributed by atoms with van der Waals surface area (Å²) in [6, 6.07) is 12.0. The van der Waals surface area contributed by atoms with E-state index < -0.39 is 16.2 Å². The summed E-state index contributed by atoms with van der Waals surface area (Å²) < 4.78 is 33.6. The molecule has 3 aromatic rings. The van der Waals surface area contributed by atoms with Crippen LogP contribution in [0.15, 0.2) is 66.1 Å². The van der Waals surface area contributed by atoms with Gasteiger partial charge in [-0.3, -0.25) is 4.72 Å². The van der Waals surface area contributed by atoms with Crippen LogP contribution in [0.1, 0.15) is 11.7 Å². The van der Waals surface area contributed by atoms with Crippen LogP contribution < -0.4 is 15.4 Å². The summed E-state index contributed by atoms with van der Waals surface area (Å²) in [6.45, 7) is 0. The van der Waals surface area contributed by atoms with E-state index in [0.29, 0.717) is 11.6 Å². The fourth-order valence-electron chi connectivity index (χ4n) is 2.55. The molecule has 7 nitrogen and oxygen atoms in total. The third kappa shape index (κ3) is 3.16. The van der Waals surface area contributed by atoms with Crippen molar-refractivity contribution in [2.75, 3.05) is 9.62 Å². The smallest absolute Gasteiger partial charge is 0.271 e. The van der Waals surface area contributed by atoms with Crippen LogP contribution in [0.25, 0.3) is 0 Å². The van der Waals surface area contributed by atoms with Crippen LogP contribution in [-0.2, 0) is 10.0 Å². The number of thiophene rings is 1.